The van der Waals surface area contributed by atoms with E-state index in [0.29, 0.717) is 30.4 Å². The van der Waals surface area contributed by atoms with E-state index in [1.165, 1.54) is 0 Å². The highest BCUT2D eigenvalue weighted by Gasteiger charge is 2.15. The van der Waals surface area contributed by atoms with Crippen molar-refractivity contribution in [3.05, 3.63) is 47.5 Å². The smallest absolute Gasteiger partial charge is 0.238 e. The number of rotatable bonds is 6. The molecular formula is C21H25N3O4. The Bertz CT molecular complexity index is 862. The normalized spacial score (nSPS) is 12.6. The van der Waals surface area contributed by atoms with E-state index in [2.05, 4.69) is 10.6 Å². The molecule has 3 rings (SSSR count). The standard InChI is InChI=1S/C21H25N3O4/c1-14-5-4-6-15(2)21(14)23-20(26)13-24(3)12-19(25)22-16-7-8-17-18(11-16)28-10-9-27-17/h4-8,11H,9-10,12-13H2,1-3H3,(H,22,25)(H,23,26). The van der Waals surface area contributed by atoms with Crippen LogP contribution in [0, 0.1) is 13.8 Å². The lowest BCUT2D eigenvalue weighted by atomic mass is 10.1. The molecule has 0 radical (unpaired) electrons. The number of ether oxygens (including phenoxy) is 2. The van der Waals surface area contributed by atoms with Crippen LogP contribution in [0.1, 0.15) is 11.1 Å². The number of amides is 2. The molecule has 0 saturated heterocycles. The van der Waals surface area contributed by atoms with Gasteiger partial charge in [-0.25, -0.2) is 0 Å². The molecule has 7 nitrogen and oxygen atoms in total. The first kappa shape index (κ1) is 19.7. The van der Waals surface area contributed by atoms with Crippen LogP contribution in [0.2, 0.25) is 0 Å². The molecule has 0 atom stereocenters. The minimum atomic E-state index is -0.209. The SMILES string of the molecule is Cc1cccc(C)c1NC(=O)CN(C)CC(=O)Nc1ccc2c(c1)OCCO2. The van der Waals surface area contributed by atoms with Gasteiger partial charge in [0.05, 0.1) is 13.1 Å². The van der Waals surface area contributed by atoms with Gasteiger partial charge in [0.25, 0.3) is 0 Å². The number of hydrogen-bond donors (Lipinski definition) is 2. The van der Waals surface area contributed by atoms with Gasteiger partial charge in [-0.05, 0) is 44.2 Å². The largest absolute Gasteiger partial charge is 0.486 e. The molecule has 0 saturated carbocycles. The first-order valence-electron chi connectivity index (χ1n) is 9.16. The topological polar surface area (TPSA) is 79.9 Å². The van der Waals surface area contributed by atoms with Crippen molar-refractivity contribution < 1.29 is 19.1 Å². The van der Waals surface area contributed by atoms with Gasteiger partial charge >= 0.3 is 0 Å². The van der Waals surface area contributed by atoms with E-state index in [4.69, 9.17) is 9.47 Å². The van der Waals surface area contributed by atoms with Crippen LogP contribution >= 0.6 is 0 Å². The van der Waals surface area contributed by atoms with Crippen molar-refractivity contribution >= 4 is 23.2 Å². The fourth-order valence-corrected chi connectivity index (χ4v) is 3.06. The Morgan fingerprint density at radius 2 is 1.54 bits per heavy atom. The van der Waals surface area contributed by atoms with Crippen molar-refractivity contribution in [2.45, 2.75) is 13.8 Å². The Morgan fingerprint density at radius 1 is 0.929 bits per heavy atom. The third kappa shape index (κ3) is 5.01. The van der Waals surface area contributed by atoms with Gasteiger partial charge in [0, 0.05) is 17.4 Å². The maximum absolute atomic E-state index is 12.3. The summed E-state index contributed by atoms with van der Waals surface area (Å²) in [6, 6.07) is 11.1. The van der Waals surface area contributed by atoms with E-state index in [9.17, 15) is 9.59 Å². The second kappa shape index (κ2) is 8.75. The molecule has 0 aliphatic carbocycles. The summed E-state index contributed by atoms with van der Waals surface area (Å²) in [7, 11) is 1.73. The fraction of sp³-hybridized carbons (Fsp3) is 0.333. The summed E-state index contributed by atoms with van der Waals surface area (Å²) in [4.78, 5) is 26.3. The Hall–Kier alpha value is -3.06. The molecule has 1 aliphatic rings. The number of hydrogen-bond acceptors (Lipinski definition) is 5. The van der Waals surface area contributed by atoms with E-state index in [0.717, 1.165) is 16.8 Å². The predicted molar refractivity (Wildman–Crippen MR) is 108 cm³/mol. The third-order valence-electron chi connectivity index (χ3n) is 4.40. The van der Waals surface area contributed by atoms with Gasteiger partial charge in [0.15, 0.2) is 11.5 Å². The van der Waals surface area contributed by atoms with Crippen LogP contribution in [0.3, 0.4) is 0 Å². The van der Waals surface area contributed by atoms with E-state index in [-0.39, 0.29) is 24.9 Å². The number of likely N-dealkylation sites (N-methyl/N-ethyl adjacent to an activating group) is 1. The van der Waals surface area contributed by atoms with Crippen LogP contribution in [0.15, 0.2) is 36.4 Å². The first-order valence-corrected chi connectivity index (χ1v) is 9.16. The summed E-state index contributed by atoms with van der Waals surface area (Å²) >= 11 is 0. The maximum atomic E-state index is 12.3. The van der Waals surface area contributed by atoms with Crippen molar-refractivity contribution in [1.29, 1.82) is 0 Å². The molecule has 7 heteroatoms. The highest BCUT2D eigenvalue weighted by molar-refractivity contribution is 5.95. The third-order valence-corrected chi connectivity index (χ3v) is 4.40. The summed E-state index contributed by atoms with van der Waals surface area (Å²) in [5.41, 5.74) is 3.46. The number of nitrogens with zero attached hydrogens (tertiary/aromatic N) is 1. The van der Waals surface area contributed by atoms with Crippen molar-refractivity contribution in [1.82, 2.24) is 4.90 Å². The molecule has 0 fully saturated rings. The van der Waals surface area contributed by atoms with Gasteiger partial charge in [-0.3, -0.25) is 14.5 Å². The number of anilines is 2. The zero-order valence-electron chi connectivity index (χ0n) is 16.4. The minimum absolute atomic E-state index is 0.0919. The minimum Gasteiger partial charge on any atom is -0.486 e. The lowest BCUT2D eigenvalue weighted by Gasteiger charge is -2.20. The fourth-order valence-electron chi connectivity index (χ4n) is 3.06. The second-order valence-electron chi connectivity index (χ2n) is 6.89. The molecule has 2 aromatic carbocycles. The number of benzene rings is 2. The van der Waals surface area contributed by atoms with Crippen LogP contribution in [0.4, 0.5) is 11.4 Å². The summed E-state index contributed by atoms with van der Waals surface area (Å²) < 4.78 is 11.0. The second-order valence-corrected chi connectivity index (χ2v) is 6.89. The molecule has 0 aromatic heterocycles. The molecule has 0 bridgehead atoms. The summed E-state index contributed by atoms with van der Waals surface area (Å²) in [6.45, 7) is 5.12. The van der Waals surface area contributed by atoms with Crippen LogP contribution in [0.5, 0.6) is 11.5 Å². The Kier molecular flexibility index (Phi) is 6.16. The predicted octanol–water partition coefficient (Wildman–Crippen LogP) is 2.58. The Morgan fingerprint density at radius 3 is 2.21 bits per heavy atom. The Labute approximate surface area is 164 Å². The number of para-hydroxylation sites is 1. The van der Waals surface area contributed by atoms with Crippen molar-refractivity contribution in [2.24, 2.45) is 0 Å². The molecule has 2 aromatic rings. The lowest BCUT2D eigenvalue weighted by molar-refractivity contribution is -0.119. The molecule has 28 heavy (non-hydrogen) atoms. The molecule has 2 amide bonds. The average Bonchev–Trinajstić information content (AvgIpc) is 2.64. The van der Waals surface area contributed by atoms with E-state index in [1.54, 1.807) is 30.1 Å². The highest BCUT2D eigenvalue weighted by atomic mass is 16.6. The molecule has 1 heterocycles. The summed E-state index contributed by atoms with van der Waals surface area (Å²) in [5.74, 6) is 0.918. The lowest BCUT2D eigenvalue weighted by Crippen LogP contribution is -2.36. The van der Waals surface area contributed by atoms with E-state index in [1.807, 2.05) is 32.0 Å². The number of nitrogens with one attached hydrogen (secondary N) is 2. The monoisotopic (exact) mass is 383 g/mol. The van der Waals surface area contributed by atoms with E-state index < -0.39 is 0 Å². The van der Waals surface area contributed by atoms with Gasteiger partial charge in [0.1, 0.15) is 13.2 Å². The van der Waals surface area contributed by atoms with Gasteiger partial charge in [-0.15, -0.1) is 0 Å². The van der Waals surface area contributed by atoms with Crippen LogP contribution in [-0.4, -0.2) is 50.1 Å². The van der Waals surface area contributed by atoms with Crippen molar-refractivity contribution in [2.75, 3.05) is 44.0 Å². The molecule has 148 valence electrons. The zero-order chi connectivity index (χ0) is 20.1. The summed E-state index contributed by atoms with van der Waals surface area (Å²) in [6.07, 6.45) is 0. The number of aryl methyl sites for hydroxylation is 2. The maximum Gasteiger partial charge on any atom is 0.238 e. The van der Waals surface area contributed by atoms with Crippen LogP contribution in [-0.2, 0) is 9.59 Å². The zero-order valence-corrected chi connectivity index (χ0v) is 16.4. The molecule has 2 N–H and O–H groups in total. The van der Waals surface area contributed by atoms with Gasteiger partial charge in [0.2, 0.25) is 11.8 Å². The van der Waals surface area contributed by atoms with E-state index >= 15 is 0 Å². The van der Waals surface area contributed by atoms with Crippen LogP contribution in [0.25, 0.3) is 0 Å². The molecular weight excluding hydrogens is 358 g/mol. The first-order chi connectivity index (χ1) is 13.4. The van der Waals surface area contributed by atoms with Gasteiger partial charge in [-0.2, -0.15) is 0 Å². The average molecular weight is 383 g/mol. The molecule has 0 spiro atoms. The van der Waals surface area contributed by atoms with Crippen LogP contribution < -0.4 is 20.1 Å². The quantitative estimate of drug-likeness (QED) is 0.802. The van der Waals surface area contributed by atoms with Gasteiger partial charge in [-0.1, -0.05) is 18.2 Å². The summed E-state index contributed by atoms with van der Waals surface area (Å²) in [5, 5.41) is 5.74. The Balaban J connectivity index is 1.51. The number of fused-ring (bicyclic) bond motifs is 1. The van der Waals surface area contributed by atoms with Crippen molar-refractivity contribution in [3.8, 4) is 11.5 Å². The molecule has 1 aliphatic heterocycles. The van der Waals surface area contributed by atoms with Gasteiger partial charge < -0.3 is 20.1 Å². The number of carbonyl (C=O) groups is 2. The number of carbonyl (C=O) groups excluding carboxylic acids is 2. The van der Waals surface area contributed by atoms with Crippen molar-refractivity contribution in [3.63, 3.8) is 0 Å². The molecule has 0 unspecified atom stereocenters. The highest BCUT2D eigenvalue weighted by Crippen LogP contribution is 2.32.